The van der Waals surface area contributed by atoms with Crippen molar-refractivity contribution in [3.63, 3.8) is 0 Å². The van der Waals surface area contributed by atoms with E-state index < -0.39 is 5.69 Å². The molecule has 0 unspecified atom stereocenters. The minimum Gasteiger partial charge on any atom is -0.333 e. The Kier molecular flexibility index (Phi) is 4.16. The van der Waals surface area contributed by atoms with Crippen molar-refractivity contribution in [1.82, 2.24) is 20.2 Å². The minimum absolute atomic E-state index is 0.216. The van der Waals surface area contributed by atoms with Crippen LogP contribution in [-0.4, -0.2) is 27.4 Å². The number of carbonyl (C=O) groups excluding carboxylic acids is 1. The number of rotatable bonds is 2. The van der Waals surface area contributed by atoms with E-state index in [1.807, 2.05) is 11.4 Å². The Hall–Kier alpha value is -1.87. The zero-order chi connectivity index (χ0) is 15.7. The zero-order valence-corrected chi connectivity index (χ0v) is 13.8. The molecule has 0 aliphatic carbocycles. The van der Waals surface area contributed by atoms with E-state index >= 15 is 0 Å². The highest BCUT2D eigenvalue weighted by molar-refractivity contribution is 9.10. The molecule has 1 aliphatic heterocycles. The molecule has 3 N–H and O–H groups in total. The van der Waals surface area contributed by atoms with E-state index in [0.717, 1.165) is 9.35 Å². The van der Waals surface area contributed by atoms with Crippen LogP contribution in [0.15, 0.2) is 25.5 Å². The maximum atomic E-state index is 12.2. The predicted octanol–water partition coefficient (Wildman–Crippen LogP) is 1.16. The van der Waals surface area contributed by atoms with E-state index in [1.54, 1.807) is 16.2 Å². The number of hydrogen-bond acceptors (Lipinski definition) is 4. The Morgan fingerprint density at radius 3 is 2.95 bits per heavy atom. The van der Waals surface area contributed by atoms with Crippen LogP contribution in [0.5, 0.6) is 0 Å². The number of aromatic nitrogens is 2. The molecular formula is C13H13BrN4O3S. The summed E-state index contributed by atoms with van der Waals surface area (Å²) in [5.74, 6) is 0. The average Bonchev–Trinajstić information content (AvgIpc) is 2.89. The summed E-state index contributed by atoms with van der Waals surface area (Å²) in [5.41, 5.74) is 0.131. The van der Waals surface area contributed by atoms with E-state index in [9.17, 15) is 14.4 Å². The fourth-order valence-corrected chi connectivity index (χ4v) is 3.80. The molecule has 7 nitrogen and oxygen atoms in total. The van der Waals surface area contributed by atoms with Crippen LogP contribution in [0.25, 0.3) is 0 Å². The third-order valence-electron chi connectivity index (χ3n) is 3.49. The van der Waals surface area contributed by atoms with Crippen molar-refractivity contribution in [3.05, 3.63) is 52.9 Å². The number of carbonyl (C=O) groups is 1. The molecule has 3 rings (SSSR count). The molecule has 0 fully saturated rings. The van der Waals surface area contributed by atoms with Crippen LogP contribution in [0, 0.1) is 0 Å². The number of amides is 2. The molecule has 0 saturated carbocycles. The van der Waals surface area contributed by atoms with E-state index in [1.165, 1.54) is 0 Å². The van der Waals surface area contributed by atoms with E-state index in [0.29, 0.717) is 30.8 Å². The van der Waals surface area contributed by atoms with Crippen molar-refractivity contribution in [2.75, 3.05) is 6.54 Å². The first-order valence-corrected chi connectivity index (χ1v) is 8.31. The lowest BCUT2D eigenvalue weighted by atomic mass is 10.1. The van der Waals surface area contributed by atoms with Gasteiger partial charge in [0.2, 0.25) is 0 Å². The maximum Gasteiger partial charge on any atom is 0.325 e. The van der Waals surface area contributed by atoms with Gasteiger partial charge in [-0.2, -0.15) is 0 Å². The van der Waals surface area contributed by atoms with Gasteiger partial charge in [-0.25, -0.2) is 9.59 Å². The molecule has 22 heavy (non-hydrogen) atoms. The number of aromatic amines is 2. The second-order valence-electron chi connectivity index (χ2n) is 4.89. The van der Waals surface area contributed by atoms with E-state index in [4.69, 9.17) is 0 Å². The highest BCUT2D eigenvalue weighted by atomic mass is 79.9. The Bertz CT molecular complexity index is 825. The molecule has 0 aromatic carbocycles. The highest BCUT2D eigenvalue weighted by Crippen LogP contribution is 2.22. The smallest absolute Gasteiger partial charge is 0.325 e. The first kappa shape index (κ1) is 15.0. The molecule has 2 aromatic rings. The zero-order valence-electron chi connectivity index (χ0n) is 11.4. The SMILES string of the molecule is O=C(NCc1sccc1Br)N1CCc2c([nH]c(=O)[nH]c2=O)C1. The summed E-state index contributed by atoms with van der Waals surface area (Å²) in [5, 5.41) is 4.79. The lowest BCUT2D eigenvalue weighted by molar-refractivity contribution is 0.190. The van der Waals surface area contributed by atoms with Crippen LogP contribution in [0.4, 0.5) is 4.79 Å². The second-order valence-corrected chi connectivity index (χ2v) is 6.74. The van der Waals surface area contributed by atoms with Crippen LogP contribution < -0.4 is 16.6 Å². The lowest BCUT2D eigenvalue weighted by Crippen LogP contribution is -2.45. The number of thiophene rings is 1. The van der Waals surface area contributed by atoms with Crippen LogP contribution in [0.2, 0.25) is 0 Å². The monoisotopic (exact) mass is 384 g/mol. The van der Waals surface area contributed by atoms with Crippen molar-refractivity contribution >= 4 is 33.3 Å². The number of H-pyrrole nitrogens is 2. The predicted molar refractivity (Wildman–Crippen MR) is 86.1 cm³/mol. The summed E-state index contributed by atoms with van der Waals surface area (Å²) in [6.45, 7) is 1.11. The van der Waals surface area contributed by atoms with Crippen molar-refractivity contribution in [1.29, 1.82) is 0 Å². The molecule has 1 aliphatic rings. The number of urea groups is 1. The Morgan fingerprint density at radius 1 is 1.41 bits per heavy atom. The molecular weight excluding hydrogens is 372 g/mol. The molecule has 2 aromatic heterocycles. The topological polar surface area (TPSA) is 98.1 Å². The number of hydrogen-bond donors (Lipinski definition) is 3. The maximum absolute atomic E-state index is 12.2. The Balaban J connectivity index is 1.69. The average molecular weight is 385 g/mol. The molecule has 2 amide bonds. The first-order chi connectivity index (χ1) is 10.5. The fraction of sp³-hybridized carbons (Fsp3) is 0.308. The summed E-state index contributed by atoms with van der Waals surface area (Å²) < 4.78 is 0.970. The van der Waals surface area contributed by atoms with Crippen molar-refractivity contribution in [3.8, 4) is 0 Å². The summed E-state index contributed by atoms with van der Waals surface area (Å²) in [4.78, 5) is 42.6. The van der Waals surface area contributed by atoms with Gasteiger partial charge in [-0.3, -0.25) is 9.78 Å². The summed E-state index contributed by atoms with van der Waals surface area (Å²) >= 11 is 4.97. The fourth-order valence-electron chi connectivity index (χ4n) is 2.37. The molecule has 116 valence electrons. The first-order valence-electron chi connectivity index (χ1n) is 6.63. The standard InChI is InChI=1S/C13H13BrN4O3S/c14-8-2-4-22-10(8)5-15-13(21)18-3-1-7-9(6-18)16-12(20)17-11(7)19/h2,4H,1,3,5-6H2,(H,15,21)(H2,16,17,19,20). The Morgan fingerprint density at radius 2 is 2.23 bits per heavy atom. The van der Waals surface area contributed by atoms with Gasteiger partial charge in [-0.1, -0.05) is 0 Å². The van der Waals surface area contributed by atoms with Crippen LogP contribution in [-0.2, 0) is 19.5 Å². The number of nitrogens with zero attached hydrogens (tertiary/aromatic N) is 1. The third kappa shape index (κ3) is 3.00. The van der Waals surface area contributed by atoms with Gasteiger partial charge in [0.05, 0.1) is 13.1 Å². The highest BCUT2D eigenvalue weighted by Gasteiger charge is 2.23. The third-order valence-corrected chi connectivity index (χ3v) is 5.42. The quantitative estimate of drug-likeness (QED) is 0.724. The van der Waals surface area contributed by atoms with Crippen molar-refractivity contribution in [2.45, 2.75) is 19.5 Å². The normalized spacial score (nSPS) is 13.8. The number of nitrogens with one attached hydrogen (secondary N) is 3. The van der Waals surface area contributed by atoms with Gasteiger partial charge in [0, 0.05) is 27.2 Å². The number of halogens is 1. The molecule has 9 heteroatoms. The molecule has 0 bridgehead atoms. The number of fused-ring (bicyclic) bond motifs is 1. The summed E-state index contributed by atoms with van der Waals surface area (Å²) in [6, 6.07) is 1.72. The van der Waals surface area contributed by atoms with Gasteiger partial charge in [-0.15, -0.1) is 11.3 Å². The second kappa shape index (κ2) is 6.09. The van der Waals surface area contributed by atoms with Crippen LogP contribution >= 0.6 is 27.3 Å². The van der Waals surface area contributed by atoms with Gasteiger partial charge in [0.15, 0.2) is 0 Å². The molecule has 0 saturated heterocycles. The molecule has 3 heterocycles. The van der Waals surface area contributed by atoms with Crippen LogP contribution in [0.3, 0.4) is 0 Å². The molecule has 0 spiro atoms. The van der Waals surface area contributed by atoms with Gasteiger partial charge in [0.25, 0.3) is 5.56 Å². The van der Waals surface area contributed by atoms with Gasteiger partial charge in [-0.05, 0) is 33.8 Å². The Labute approximate surface area is 137 Å². The molecule has 0 atom stereocenters. The largest absolute Gasteiger partial charge is 0.333 e. The van der Waals surface area contributed by atoms with E-state index in [-0.39, 0.29) is 18.1 Å². The lowest BCUT2D eigenvalue weighted by Gasteiger charge is -2.27. The molecule has 0 radical (unpaired) electrons. The van der Waals surface area contributed by atoms with Gasteiger partial charge < -0.3 is 15.2 Å². The van der Waals surface area contributed by atoms with Crippen molar-refractivity contribution in [2.24, 2.45) is 0 Å². The van der Waals surface area contributed by atoms with Gasteiger partial charge >= 0.3 is 11.7 Å². The van der Waals surface area contributed by atoms with Crippen LogP contribution in [0.1, 0.15) is 16.1 Å². The van der Waals surface area contributed by atoms with Crippen molar-refractivity contribution < 1.29 is 4.79 Å². The van der Waals surface area contributed by atoms with Gasteiger partial charge in [0.1, 0.15) is 0 Å². The summed E-state index contributed by atoms with van der Waals surface area (Å²) in [6.07, 6.45) is 0.428. The van der Waals surface area contributed by atoms with E-state index in [2.05, 4.69) is 31.2 Å². The minimum atomic E-state index is -0.548. The summed E-state index contributed by atoms with van der Waals surface area (Å²) in [7, 11) is 0.